The highest BCUT2D eigenvalue weighted by molar-refractivity contribution is 7.20. The predicted molar refractivity (Wildman–Crippen MR) is 103 cm³/mol. The molecule has 1 aromatic carbocycles. The van der Waals surface area contributed by atoms with E-state index in [9.17, 15) is 14.4 Å². The number of esters is 2. The van der Waals surface area contributed by atoms with Crippen LogP contribution in [0.1, 0.15) is 37.0 Å². The number of benzene rings is 1. The number of carbonyl (C=O) groups is 2. The third-order valence-electron chi connectivity index (χ3n) is 4.20. The Bertz CT molecular complexity index is 1130. The second-order valence-corrected chi connectivity index (χ2v) is 7.00. The van der Waals surface area contributed by atoms with Gasteiger partial charge in [0.25, 0.3) is 5.56 Å². The Kier molecular flexibility index (Phi) is 5.46. The zero-order valence-corrected chi connectivity index (χ0v) is 16.6. The number of aromatic amines is 1. The van der Waals surface area contributed by atoms with E-state index in [0.29, 0.717) is 32.0 Å². The highest BCUT2D eigenvalue weighted by Crippen LogP contribution is 2.27. The molecule has 146 valence electrons. The molecule has 8 nitrogen and oxygen atoms in total. The molecule has 2 aromatic heterocycles. The number of rotatable bonds is 5. The number of thiophene rings is 1. The Morgan fingerprint density at radius 2 is 1.93 bits per heavy atom. The first kappa shape index (κ1) is 19.6. The maximum atomic E-state index is 12.4. The minimum Gasteiger partial charge on any atom is -0.496 e. The van der Waals surface area contributed by atoms with Crippen molar-refractivity contribution in [3.63, 3.8) is 0 Å². The molecule has 1 N–H and O–H groups in total. The van der Waals surface area contributed by atoms with Gasteiger partial charge in [0.2, 0.25) is 0 Å². The van der Waals surface area contributed by atoms with Gasteiger partial charge in [0.05, 0.1) is 25.2 Å². The van der Waals surface area contributed by atoms with Crippen molar-refractivity contribution in [2.24, 2.45) is 0 Å². The van der Waals surface area contributed by atoms with Crippen LogP contribution in [0, 0.1) is 13.8 Å². The summed E-state index contributed by atoms with van der Waals surface area (Å²) in [5.74, 6) is -0.339. The predicted octanol–water partition coefficient (Wildman–Crippen LogP) is 2.75. The second kappa shape index (κ2) is 7.81. The molecule has 3 rings (SSSR count). The molecule has 0 saturated carbocycles. The summed E-state index contributed by atoms with van der Waals surface area (Å²) < 4.78 is 15.2. The molecule has 0 unspecified atom stereocenters. The Morgan fingerprint density at radius 3 is 2.61 bits per heavy atom. The van der Waals surface area contributed by atoms with Crippen LogP contribution in [-0.2, 0) is 16.1 Å². The molecule has 2 heterocycles. The van der Waals surface area contributed by atoms with Crippen molar-refractivity contribution >= 4 is 33.5 Å². The number of aryl methyl sites for hydroxylation is 2. The number of nitrogens with one attached hydrogen (secondary N) is 1. The molecule has 28 heavy (non-hydrogen) atoms. The average molecular weight is 402 g/mol. The topological polar surface area (TPSA) is 108 Å². The normalized spacial score (nSPS) is 10.7. The molecule has 3 aromatic rings. The van der Waals surface area contributed by atoms with Crippen LogP contribution in [0.3, 0.4) is 0 Å². The molecule has 0 amide bonds. The lowest BCUT2D eigenvalue weighted by Gasteiger charge is -2.08. The molecule has 0 aliphatic rings. The van der Waals surface area contributed by atoms with E-state index in [4.69, 9.17) is 14.2 Å². The molecule has 0 aliphatic heterocycles. The number of nitrogens with zero attached hydrogens (tertiary/aromatic N) is 1. The van der Waals surface area contributed by atoms with E-state index in [0.717, 1.165) is 16.9 Å². The van der Waals surface area contributed by atoms with Gasteiger partial charge in [-0.1, -0.05) is 6.07 Å². The molecule has 0 radical (unpaired) electrons. The molecule has 0 saturated heterocycles. The number of aromatic nitrogens is 2. The highest BCUT2D eigenvalue weighted by Gasteiger charge is 2.20. The standard InChI is InChI=1S/C19H18N2O6S/c1-9-5-6-11(7-12(9)25-3)18(23)27-8-13-20-16(22)14-10(2)15(19(24)26-4)28-17(14)21-13/h5-7H,8H2,1-4H3,(H,20,21,22). The Labute approximate surface area is 164 Å². The van der Waals surface area contributed by atoms with E-state index in [1.807, 2.05) is 6.92 Å². The third kappa shape index (κ3) is 3.61. The van der Waals surface area contributed by atoms with Crippen LogP contribution in [0.25, 0.3) is 10.2 Å². The van der Waals surface area contributed by atoms with Gasteiger partial charge in [0.15, 0.2) is 0 Å². The summed E-state index contributed by atoms with van der Waals surface area (Å²) in [5, 5.41) is 0.323. The van der Waals surface area contributed by atoms with Gasteiger partial charge in [0, 0.05) is 0 Å². The van der Waals surface area contributed by atoms with Crippen molar-refractivity contribution in [2.75, 3.05) is 14.2 Å². The first-order chi connectivity index (χ1) is 13.3. The number of H-pyrrole nitrogens is 1. The van der Waals surface area contributed by atoms with Gasteiger partial charge in [-0.05, 0) is 37.1 Å². The lowest BCUT2D eigenvalue weighted by Crippen LogP contribution is -2.14. The summed E-state index contributed by atoms with van der Waals surface area (Å²) in [4.78, 5) is 44.1. The first-order valence-corrected chi connectivity index (χ1v) is 9.09. The Hall–Kier alpha value is -3.20. The lowest BCUT2D eigenvalue weighted by atomic mass is 10.1. The summed E-state index contributed by atoms with van der Waals surface area (Å²) in [6.07, 6.45) is 0. The van der Waals surface area contributed by atoms with Gasteiger partial charge in [0.1, 0.15) is 27.9 Å². The van der Waals surface area contributed by atoms with Crippen molar-refractivity contribution in [1.29, 1.82) is 0 Å². The van der Waals surface area contributed by atoms with Gasteiger partial charge in [-0.15, -0.1) is 11.3 Å². The van der Waals surface area contributed by atoms with E-state index in [2.05, 4.69) is 9.97 Å². The maximum absolute atomic E-state index is 12.4. The minimum atomic E-state index is -0.571. The van der Waals surface area contributed by atoms with E-state index < -0.39 is 17.5 Å². The molecule has 0 atom stereocenters. The van der Waals surface area contributed by atoms with Gasteiger partial charge in [-0.2, -0.15) is 0 Å². The number of hydrogen-bond donors (Lipinski definition) is 1. The summed E-state index contributed by atoms with van der Waals surface area (Å²) in [6.45, 7) is 3.31. The molecule has 0 spiro atoms. The van der Waals surface area contributed by atoms with Crippen molar-refractivity contribution in [3.05, 3.63) is 55.9 Å². The Morgan fingerprint density at radius 1 is 1.18 bits per heavy atom. The molecule has 9 heteroatoms. The third-order valence-corrected chi connectivity index (χ3v) is 5.37. The number of carbonyl (C=O) groups excluding carboxylic acids is 2. The van der Waals surface area contributed by atoms with Crippen LogP contribution in [-0.4, -0.2) is 36.1 Å². The van der Waals surface area contributed by atoms with Crippen molar-refractivity contribution in [2.45, 2.75) is 20.5 Å². The number of hydrogen-bond acceptors (Lipinski definition) is 8. The van der Waals surface area contributed by atoms with Gasteiger partial charge < -0.3 is 19.2 Å². The monoisotopic (exact) mass is 402 g/mol. The van der Waals surface area contributed by atoms with Gasteiger partial charge >= 0.3 is 11.9 Å². The highest BCUT2D eigenvalue weighted by atomic mass is 32.1. The zero-order valence-electron chi connectivity index (χ0n) is 15.7. The summed E-state index contributed by atoms with van der Waals surface area (Å²) in [6, 6.07) is 4.97. The fraction of sp³-hybridized carbons (Fsp3) is 0.263. The quantitative estimate of drug-likeness (QED) is 0.654. The summed E-state index contributed by atoms with van der Waals surface area (Å²) >= 11 is 1.06. The minimum absolute atomic E-state index is 0.183. The van der Waals surface area contributed by atoms with E-state index in [1.54, 1.807) is 25.1 Å². The molecular weight excluding hydrogens is 384 g/mol. The van der Waals surface area contributed by atoms with Crippen molar-refractivity contribution < 1.29 is 23.8 Å². The SMILES string of the molecule is COC(=O)c1sc2nc(COC(=O)c3ccc(C)c(OC)c3)[nH]c(=O)c2c1C. The largest absolute Gasteiger partial charge is 0.496 e. The Balaban J connectivity index is 1.84. The molecule has 0 fully saturated rings. The van der Waals surface area contributed by atoms with Gasteiger partial charge in [-0.3, -0.25) is 4.79 Å². The average Bonchev–Trinajstić information content (AvgIpc) is 3.02. The number of ether oxygens (including phenoxy) is 3. The van der Waals surface area contributed by atoms with Crippen LogP contribution in [0.2, 0.25) is 0 Å². The van der Waals surface area contributed by atoms with Crippen LogP contribution in [0.5, 0.6) is 5.75 Å². The smallest absolute Gasteiger partial charge is 0.348 e. The van der Waals surface area contributed by atoms with Crippen LogP contribution in [0.15, 0.2) is 23.0 Å². The maximum Gasteiger partial charge on any atom is 0.348 e. The number of fused-ring (bicyclic) bond motifs is 1. The fourth-order valence-electron chi connectivity index (χ4n) is 2.71. The summed E-state index contributed by atoms with van der Waals surface area (Å²) in [5.41, 5.74) is 1.32. The second-order valence-electron chi connectivity index (χ2n) is 6.00. The molecule has 0 aliphatic carbocycles. The van der Waals surface area contributed by atoms with E-state index in [1.165, 1.54) is 14.2 Å². The van der Waals surface area contributed by atoms with Crippen LogP contribution < -0.4 is 10.3 Å². The summed E-state index contributed by atoms with van der Waals surface area (Å²) in [7, 11) is 2.79. The first-order valence-electron chi connectivity index (χ1n) is 8.28. The van der Waals surface area contributed by atoms with E-state index >= 15 is 0 Å². The van der Waals surface area contributed by atoms with Crippen LogP contribution >= 0.6 is 11.3 Å². The van der Waals surface area contributed by atoms with Crippen molar-refractivity contribution in [3.8, 4) is 5.75 Å². The number of methoxy groups -OCH3 is 2. The molecule has 0 bridgehead atoms. The van der Waals surface area contributed by atoms with Gasteiger partial charge in [-0.25, -0.2) is 14.6 Å². The zero-order chi connectivity index (χ0) is 20.4. The lowest BCUT2D eigenvalue weighted by molar-refractivity contribution is 0.0461. The van der Waals surface area contributed by atoms with Crippen molar-refractivity contribution in [1.82, 2.24) is 9.97 Å². The van der Waals surface area contributed by atoms with E-state index in [-0.39, 0.29) is 12.4 Å². The molecular formula is C19H18N2O6S. The van der Waals surface area contributed by atoms with Crippen LogP contribution in [0.4, 0.5) is 0 Å². The fourth-order valence-corrected chi connectivity index (χ4v) is 3.83.